The van der Waals surface area contributed by atoms with E-state index in [4.69, 9.17) is 5.73 Å². The first-order chi connectivity index (χ1) is 8.38. The molecule has 0 saturated carbocycles. The molecule has 1 atom stereocenters. The summed E-state index contributed by atoms with van der Waals surface area (Å²) in [6, 6.07) is 3.87. The fourth-order valence-corrected chi connectivity index (χ4v) is 1.85. The van der Waals surface area contributed by atoms with Crippen LogP contribution in [0.15, 0.2) is 18.2 Å². The van der Waals surface area contributed by atoms with Crippen molar-refractivity contribution in [2.24, 2.45) is 5.73 Å². The summed E-state index contributed by atoms with van der Waals surface area (Å²) in [7, 11) is 0. The van der Waals surface area contributed by atoms with Crippen LogP contribution in [0.2, 0.25) is 0 Å². The van der Waals surface area contributed by atoms with Gasteiger partial charge in [0.2, 0.25) is 0 Å². The highest BCUT2D eigenvalue weighted by Gasteiger charge is 2.30. The van der Waals surface area contributed by atoms with Crippen LogP contribution < -0.4 is 11.1 Å². The number of nitrogens with two attached hydrogens (primary N) is 1. The third-order valence-corrected chi connectivity index (χ3v) is 2.78. The number of alkyl halides is 3. The molecule has 5 heteroatoms. The lowest BCUT2D eigenvalue weighted by atomic mass is 10.1. The lowest BCUT2D eigenvalue weighted by Gasteiger charge is -2.18. The summed E-state index contributed by atoms with van der Waals surface area (Å²) in [5.74, 6) is 0. The second kappa shape index (κ2) is 6.09. The molecule has 1 rings (SSSR count). The van der Waals surface area contributed by atoms with Gasteiger partial charge in [-0.2, -0.15) is 13.2 Å². The molecule has 0 aliphatic heterocycles. The second-order valence-electron chi connectivity index (χ2n) is 4.41. The predicted octanol–water partition coefficient (Wildman–Crippen LogP) is 3.76. The second-order valence-corrected chi connectivity index (χ2v) is 4.41. The molecule has 0 spiro atoms. The highest BCUT2D eigenvalue weighted by molar-refractivity contribution is 5.53. The van der Waals surface area contributed by atoms with Crippen LogP contribution in [0.5, 0.6) is 0 Å². The van der Waals surface area contributed by atoms with Crippen molar-refractivity contribution in [3.8, 4) is 0 Å². The molecule has 0 heterocycles. The predicted molar refractivity (Wildman–Crippen MR) is 67.3 cm³/mol. The Labute approximate surface area is 105 Å². The van der Waals surface area contributed by atoms with Gasteiger partial charge in [0.15, 0.2) is 0 Å². The molecule has 2 nitrogen and oxygen atoms in total. The van der Waals surface area contributed by atoms with E-state index < -0.39 is 11.7 Å². The molecule has 0 amide bonds. The van der Waals surface area contributed by atoms with Crippen molar-refractivity contribution in [3.63, 3.8) is 0 Å². The van der Waals surface area contributed by atoms with Crippen LogP contribution in [0.25, 0.3) is 0 Å². The number of rotatable bonds is 5. The Balaban J connectivity index is 2.93. The Morgan fingerprint density at radius 1 is 1.33 bits per heavy atom. The summed E-state index contributed by atoms with van der Waals surface area (Å²) in [5.41, 5.74) is 6.03. The average molecular weight is 260 g/mol. The monoisotopic (exact) mass is 260 g/mol. The molecule has 0 fully saturated rings. The molecule has 0 aliphatic rings. The minimum Gasteiger partial charge on any atom is -0.382 e. The van der Waals surface area contributed by atoms with Crippen molar-refractivity contribution in [1.29, 1.82) is 0 Å². The maximum Gasteiger partial charge on any atom is 0.416 e. The quantitative estimate of drug-likeness (QED) is 0.845. The number of nitrogens with one attached hydrogen (secondary N) is 1. The Kier molecular flexibility index (Phi) is 5.02. The summed E-state index contributed by atoms with van der Waals surface area (Å²) >= 11 is 0. The molecule has 3 N–H and O–H groups in total. The SMILES string of the molecule is CCCC(C)Nc1ccc(C(F)(F)F)cc1CN. The summed E-state index contributed by atoms with van der Waals surface area (Å²) in [5, 5.41) is 3.19. The van der Waals surface area contributed by atoms with Crippen LogP contribution in [-0.2, 0) is 12.7 Å². The van der Waals surface area contributed by atoms with E-state index in [2.05, 4.69) is 12.2 Å². The molecule has 0 aromatic heterocycles. The van der Waals surface area contributed by atoms with Crippen LogP contribution in [0, 0.1) is 0 Å². The van der Waals surface area contributed by atoms with E-state index in [1.165, 1.54) is 6.07 Å². The molecule has 18 heavy (non-hydrogen) atoms. The van der Waals surface area contributed by atoms with Gasteiger partial charge < -0.3 is 11.1 Å². The van der Waals surface area contributed by atoms with Crippen LogP contribution >= 0.6 is 0 Å². The van der Waals surface area contributed by atoms with Crippen LogP contribution in [0.4, 0.5) is 18.9 Å². The van der Waals surface area contributed by atoms with Crippen LogP contribution in [0.1, 0.15) is 37.8 Å². The normalized spacial score (nSPS) is 13.4. The van der Waals surface area contributed by atoms with E-state index in [0.717, 1.165) is 25.0 Å². The maximum absolute atomic E-state index is 12.6. The molecule has 0 aliphatic carbocycles. The summed E-state index contributed by atoms with van der Waals surface area (Å²) in [4.78, 5) is 0. The summed E-state index contributed by atoms with van der Waals surface area (Å²) < 4.78 is 37.7. The van der Waals surface area contributed by atoms with Crippen molar-refractivity contribution in [2.45, 2.75) is 45.5 Å². The Morgan fingerprint density at radius 3 is 2.50 bits per heavy atom. The zero-order chi connectivity index (χ0) is 13.8. The van der Waals surface area contributed by atoms with E-state index in [1.807, 2.05) is 6.92 Å². The van der Waals surface area contributed by atoms with Gasteiger partial charge in [0.05, 0.1) is 5.56 Å². The van der Waals surface area contributed by atoms with Crippen LogP contribution in [-0.4, -0.2) is 6.04 Å². The van der Waals surface area contributed by atoms with Crippen LogP contribution in [0.3, 0.4) is 0 Å². The van der Waals surface area contributed by atoms with Crippen molar-refractivity contribution in [3.05, 3.63) is 29.3 Å². The van der Waals surface area contributed by atoms with Gasteiger partial charge in [0.1, 0.15) is 0 Å². The van der Waals surface area contributed by atoms with Gasteiger partial charge in [-0.25, -0.2) is 0 Å². The van der Waals surface area contributed by atoms with Crippen molar-refractivity contribution < 1.29 is 13.2 Å². The molecule has 102 valence electrons. The molecular weight excluding hydrogens is 241 g/mol. The number of anilines is 1. The Bertz CT molecular complexity index is 388. The third kappa shape index (κ3) is 3.91. The van der Waals surface area contributed by atoms with Gasteiger partial charge in [-0.15, -0.1) is 0 Å². The number of benzene rings is 1. The van der Waals surface area contributed by atoms with E-state index in [0.29, 0.717) is 11.3 Å². The van der Waals surface area contributed by atoms with Crippen molar-refractivity contribution in [2.75, 3.05) is 5.32 Å². The number of hydrogen-bond donors (Lipinski definition) is 2. The smallest absolute Gasteiger partial charge is 0.382 e. The topological polar surface area (TPSA) is 38.0 Å². The van der Waals surface area contributed by atoms with Crippen molar-refractivity contribution >= 4 is 5.69 Å². The first kappa shape index (κ1) is 14.8. The molecule has 0 bridgehead atoms. The molecule has 0 saturated heterocycles. The first-order valence-corrected chi connectivity index (χ1v) is 6.05. The van der Waals surface area contributed by atoms with Gasteiger partial charge in [0, 0.05) is 18.3 Å². The van der Waals surface area contributed by atoms with Gasteiger partial charge >= 0.3 is 6.18 Å². The van der Waals surface area contributed by atoms with Gasteiger partial charge in [-0.1, -0.05) is 13.3 Å². The lowest BCUT2D eigenvalue weighted by molar-refractivity contribution is -0.137. The minimum atomic E-state index is -4.32. The maximum atomic E-state index is 12.6. The molecular formula is C13H19F3N2. The highest BCUT2D eigenvalue weighted by Crippen LogP contribution is 2.32. The Morgan fingerprint density at radius 2 is 2.00 bits per heavy atom. The fraction of sp³-hybridized carbons (Fsp3) is 0.538. The zero-order valence-corrected chi connectivity index (χ0v) is 10.6. The van der Waals surface area contributed by atoms with Gasteiger partial charge in [-0.3, -0.25) is 0 Å². The standard InChI is InChI=1S/C13H19F3N2/c1-3-4-9(2)18-12-6-5-11(13(14,15)16)7-10(12)8-17/h5-7,9,18H,3-4,8,17H2,1-2H3. The third-order valence-electron chi connectivity index (χ3n) is 2.78. The van der Waals surface area contributed by atoms with E-state index in [-0.39, 0.29) is 12.6 Å². The molecule has 0 radical (unpaired) electrons. The molecule has 1 unspecified atom stereocenters. The number of hydrogen-bond acceptors (Lipinski definition) is 2. The summed E-state index contributed by atoms with van der Waals surface area (Å²) in [6.07, 6.45) is -2.34. The lowest BCUT2D eigenvalue weighted by Crippen LogP contribution is -2.17. The summed E-state index contributed by atoms with van der Waals surface area (Å²) in [6.45, 7) is 4.15. The highest BCUT2D eigenvalue weighted by atomic mass is 19.4. The molecule has 1 aromatic carbocycles. The molecule has 1 aromatic rings. The minimum absolute atomic E-state index is 0.0884. The van der Waals surface area contributed by atoms with Gasteiger partial charge in [-0.05, 0) is 37.1 Å². The van der Waals surface area contributed by atoms with E-state index in [9.17, 15) is 13.2 Å². The average Bonchev–Trinajstić information content (AvgIpc) is 2.28. The first-order valence-electron chi connectivity index (χ1n) is 6.05. The van der Waals surface area contributed by atoms with E-state index in [1.54, 1.807) is 0 Å². The van der Waals surface area contributed by atoms with Gasteiger partial charge in [0.25, 0.3) is 0 Å². The fourth-order valence-electron chi connectivity index (χ4n) is 1.85. The Hall–Kier alpha value is -1.23. The largest absolute Gasteiger partial charge is 0.416 e. The number of halogens is 3. The zero-order valence-electron chi connectivity index (χ0n) is 10.6. The van der Waals surface area contributed by atoms with Crippen molar-refractivity contribution in [1.82, 2.24) is 0 Å². The van der Waals surface area contributed by atoms with E-state index >= 15 is 0 Å².